The van der Waals surface area contributed by atoms with Gasteiger partial charge in [0.25, 0.3) is 0 Å². The highest BCUT2D eigenvalue weighted by Crippen LogP contribution is 2.24. The number of nitrogens with zero attached hydrogens (tertiary/aromatic N) is 1. The number of hydrogen-bond donors (Lipinski definition) is 1. The number of rotatable bonds is 4. The zero-order valence-corrected chi connectivity index (χ0v) is 11.9. The first-order valence-corrected chi connectivity index (χ1v) is 8.20. The summed E-state index contributed by atoms with van der Waals surface area (Å²) in [4.78, 5) is 13.5. The molecule has 1 N–H and O–H groups in total. The lowest BCUT2D eigenvalue weighted by atomic mass is 10.1. The summed E-state index contributed by atoms with van der Waals surface area (Å²) in [5.41, 5.74) is 2.10. The topological polar surface area (TPSA) is 66.5 Å². The first-order chi connectivity index (χ1) is 8.88. The molecule has 0 aromatic heterocycles. The maximum atomic E-state index is 11.9. The van der Waals surface area contributed by atoms with Gasteiger partial charge >= 0.3 is 0 Å². The fourth-order valence-electron chi connectivity index (χ4n) is 2.23. The molecule has 0 saturated carbocycles. The molecule has 1 heterocycles. The van der Waals surface area contributed by atoms with Gasteiger partial charge in [-0.3, -0.25) is 10.1 Å². The van der Waals surface area contributed by atoms with E-state index in [2.05, 4.69) is 5.32 Å². The van der Waals surface area contributed by atoms with Gasteiger partial charge in [-0.1, -0.05) is 24.3 Å². The van der Waals surface area contributed by atoms with Crippen molar-refractivity contribution in [1.82, 2.24) is 10.2 Å². The summed E-state index contributed by atoms with van der Waals surface area (Å²) < 4.78 is 22.5. The zero-order chi connectivity index (χ0) is 14.0. The van der Waals surface area contributed by atoms with E-state index in [0.29, 0.717) is 0 Å². The highest BCUT2D eigenvalue weighted by Gasteiger charge is 2.32. The van der Waals surface area contributed by atoms with Gasteiger partial charge < -0.3 is 4.90 Å². The van der Waals surface area contributed by atoms with Gasteiger partial charge in [-0.05, 0) is 18.1 Å². The Hall–Kier alpha value is -1.40. The Kier molecular flexibility index (Phi) is 3.91. The minimum atomic E-state index is -3.07. The minimum absolute atomic E-state index is 0.0111. The lowest BCUT2D eigenvalue weighted by molar-refractivity contribution is -0.127. The molecule has 19 heavy (non-hydrogen) atoms. The van der Waals surface area contributed by atoms with Gasteiger partial charge in [0.05, 0.1) is 12.3 Å². The lowest BCUT2D eigenvalue weighted by Gasteiger charge is -2.25. The Morgan fingerprint density at radius 2 is 2.05 bits per heavy atom. The summed E-state index contributed by atoms with van der Waals surface area (Å²) in [6.45, 7) is 2.46. The van der Waals surface area contributed by atoms with E-state index < -0.39 is 9.84 Å². The Morgan fingerprint density at radius 3 is 2.68 bits per heavy atom. The molecule has 1 aliphatic heterocycles. The molecule has 1 atom stereocenters. The molecule has 1 aromatic carbocycles. The van der Waals surface area contributed by atoms with E-state index in [4.69, 9.17) is 0 Å². The number of amides is 1. The second-order valence-corrected chi connectivity index (χ2v) is 7.12. The molecule has 0 radical (unpaired) electrons. The summed E-state index contributed by atoms with van der Waals surface area (Å²) in [7, 11) is -3.07. The van der Waals surface area contributed by atoms with Crippen molar-refractivity contribution in [3.8, 4) is 0 Å². The van der Waals surface area contributed by atoms with Gasteiger partial charge in [0.2, 0.25) is 5.91 Å². The van der Waals surface area contributed by atoms with Crippen molar-refractivity contribution in [1.29, 1.82) is 0 Å². The normalized spacial score (nSPS) is 20.0. The fourth-order valence-corrected chi connectivity index (χ4v) is 2.76. The molecule has 1 fully saturated rings. The molecule has 5 nitrogen and oxygen atoms in total. The Bertz CT molecular complexity index is 583. The largest absolute Gasteiger partial charge is 0.321 e. The monoisotopic (exact) mass is 282 g/mol. The van der Waals surface area contributed by atoms with Crippen molar-refractivity contribution in [2.24, 2.45) is 0 Å². The van der Waals surface area contributed by atoms with E-state index in [-0.39, 0.29) is 30.9 Å². The highest BCUT2D eigenvalue weighted by atomic mass is 32.2. The lowest BCUT2D eigenvalue weighted by Crippen LogP contribution is -2.34. The van der Waals surface area contributed by atoms with E-state index in [0.717, 1.165) is 11.1 Å². The quantitative estimate of drug-likeness (QED) is 0.872. The average Bonchev–Trinajstić information content (AvgIpc) is 2.68. The highest BCUT2D eigenvalue weighted by molar-refractivity contribution is 7.90. The van der Waals surface area contributed by atoms with Gasteiger partial charge in [0.15, 0.2) is 0 Å². The number of aryl methyl sites for hydroxylation is 1. The van der Waals surface area contributed by atoms with E-state index in [1.165, 1.54) is 6.26 Å². The first-order valence-electron chi connectivity index (χ1n) is 6.14. The summed E-state index contributed by atoms with van der Waals surface area (Å²) in [5.74, 6) is -0.0695. The van der Waals surface area contributed by atoms with Crippen LogP contribution in [0.2, 0.25) is 0 Å². The average molecular weight is 282 g/mol. The predicted molar refractivity (Wildman–Crippen MR) is 73.3 cm³/mol. The van der Waals surface area contributed by atoms with Crippen LogP contribution in [0.25, 0.3) is 0 Å². The van der Waals surface area contributed by atoms with Crippen LogP contribution in [0, 0.1) is 6.92 Å². The van der Waals surface area contributed by atoms with Crippen LogP contribution in [0.15, 0.2) is 24.3 Å². The second kappa shape index (κ2) is 5.30. The number of nitrogens with one attached hydrogen (secondary N) is 1. The molecule has 1 amide bonds. The van der Waals surface area contributed by atoms with E-state index in [1.807, 2.05) is 31.2 Å². The summed E-state index contributed by atoms with van der Waals surface area (Å²) in [6, 6.07) is 7.80. The van der Waals surface area contributed by atoms with Crippen LogP contribution in [0.1, 0.15) is 17.3 Å². The van der Waals surface area contributed by atoms with Crippen molar-refractivity contribution < 1.29 is 13.2 Å². The number of benzene rings is 1. The molecule has 6 heteroatoms. The fraction of sp³-hybridized carbons (Fsp3) is 0.462. The molecule has 0 aliphatic carbocycles. The number of carbonyl (C=O) groups is 1. The van der Waals surface area contributed by atoms with Gasteiger partial charge in [0, 0.05) is 12.8 Å². The van der Waals surface area contributed by atoms with Crippen LogP contribution < -0.4 is 5.32 Å². The van der Waals surface area contributed by atoms with Gasteiger partial charge in [-0.25, -0.2) is 8.42 Å². The molecule has 1 unspecified atom stereocenters. The number of carbonyl (C=O) groups excluding carboxylic acids is 1. The molecule has 0 spiro atoms. The smallest absolute Gasteiger partial charge is 0.238 e. The Morgan fingerprint density at radius 1 is 1.37 bits per heavy atom. The van der Waals surface area contributed by atoms with Gasteiger partial charge in [0.1, 0.15) is 16.0 Å². The van der Waals surface area contributed by atoms with Crippen molar-refractivity contribution in [3.05, 3.63) is 35.4 Å². The molecular formula is C13H18N2O3S. The van der Waals surface area contributed by atoms with E-state index >= 15 is 0 Å². The van der Waals surface area contributed by atoms with Crippen molar-refractivity contribution >= 4 is 15.7 Å². The molecule has 1 aliphatic rings. The van der Waals surface area contributed by atoms with E-state index in [9.17, 15) is 13.2 Å². The molecule has 2 rings (SSSR count). The third-order valence-corrected chi connectivity index (χ3v) is 4.19. The van der Waals surface area contributed by atoms with Crippen LogP contribution in [-0.2, 0) is 14.6 Å². The SMILES string of the molecule is Cc1ccccc1C1NCC(=O)N1CCS(C)(=O)=O. The van der Waals surface area contributed by atoms with Crippen molar-refractivity contribution in [2.75, 3.05) is 25.1 Å². The molecule has 1 saturated heterocycles. The van der Waals surface area contributed by atoms with E-state index in [1.54, 1.807) is 4.90 Å². The summed E-state index contributed by atoms with van der Waals surface area (Å²) >= 11 is 0. The van der Waals surface area contributed by atoms with Crippen LogP contribution >= 0.6 is 0 Å². The third-order valence-electron chi connectivity index (χ3n) is 3.26. The van der Waals surface area contributed by atoms with Crippen LogP contribution in [0.5, 0.6) is 0 Å². The van der Waals surface area contributed by atoms with Gasteiger partial charge in [-0.15, -0.1) is 0 Å². The molecule has 104 valence electrons. The second-order valence-electron chi connectivity index (χ2n) is 4.86. The van der Waals surface area contributed by atoms with Crippen LogP contribution in [-0.4, -0.2) is 44.3 Å². The third kappa shape index (κ3) is 3.33. The van der Waals surface area contributed by atoms with Gasteiger partial charge in [-0.2, -0.15) is 0 Å². The molecule has 1 aromatic rings. The number of hydrogen-bond acceptors (Lipinski definition) is 4. The first kappa shape index (κ1) is 14.0. The maximum Gasteiger partial charge on any atom is 0.238 e. The summed E-state index contributed by atoms with van der Waals surface area (Å²) in [6.07, 6.45) is 0.958. The summed E-state index contributed by atoms with van der Waals surface area (Å²) in [5, 5.41) is 3.13. The van der Waals surface area contributed by atoms with Crippen LogP contribution in [0.3, 0.4) is 0 Å². The maximum absolute atomic E-state index is 11.9. The Labute approximate surface area is 113 Å². The zero-order valence-electron chi connectivity index (χ0n) is 11.1. The standard InChI is InChI=1S/C13H18N2O3S/c1-10-5-3-4-6-11(10)13-14-9-12(16)15(13)7-8-19(2,17)18/h3-6,13-14H,7-9H2,1-2H3. The molecular weight excluding hydrogens is 264 g/mol. The number of sulfone groups is 1. The molecule has 0 bridgehead atoms. The Balaban J connectivity index is 2.20. The minimum Gasteiger partial charge on any atom is -0.321 e. The predicted octanol–water partition coefficient (Wildman–Crippen LogP) is 0.470. The van der Waals surface area contributed by atoms with Crippen LogP contribution in [0.4, 0.5) is 0 Å². The van der Waals surface area contributed by atoms with Crippen molar-refractivity contribution in [3.63, 3.8) is 0 Å². The van der Waals surface area contributed by atoms with Crippen molar-refractivity contribution in [2.45, 2.75) is 13.1 Å².